The summed E-state index contributed by atoms with van der Waals surface area (Å²) in [5.74, 6) is -1.45. The predicted octanol–water partition coefficient (Wildman–Crippen LogP) is 2.82. The molecule has 1 fully saturated rings. The summed E-state index contributed by atoms with van der Waals surface area (Å²) in [4.78, 5) is 34.9. The van der Waals surface area contributed by atoms with Crippen LogP contribution >= 0.6 is 11.8 Å². The highest BCUT2D eigenvalue weighted by Crippen LogP contribution is 2.23. The molecule has 0 saturated carbocycles. The first-order valence-corrected chi connectivity index (χ1v) is 9.66. The Labute approximate surface area is 170 Å². The number of amides is 1. The fraction of sp³-hybridized carbons (Fsp3) is 0.316. The highest BCUT2D eigenvalue weighted by Gasteiger charge is 2.32. The number of aliphatic carboxylic acids is 1. The maximum absolute atomic E-state index is 12.4. The lowest BCUT2D eigenvalue weighted by Gasteiger charge is -2.19. The molecule has 29 heavy (non-hydrogen) atoms. The van der Waals surface area contributed by atoms with Crippen LogP contribution in [0.3, 0.4) is 0 Å². The number of aromatic nitrogens is 1. The van der Waals surface area contributed by atoms with Gasteiger partial charge in [0, 0.05) is 17.1 Å². The zero-order chi connectivity index (χ0) is 21.2. The Morgan fingerprint density at radius 3 is 2.79 bits per heavy atom. The number of ether oxygens (including phenoxy) is 1. The molecule has 1 saturated heterocycles. The molecule has 3 rings (SSSR count). The van der Waals surface area contributed by atoms with Gasteiger partial charge in [-0.3, -0.25) is 14.2 Å². The number of thioether (sulfide) groups is 1. The van der Waals surface area contributed by atoms with E-state index in [-0.39, 0.29) is 11.6 Å². The molecule has 2 N–H and O–H groups in total. The molecule has 1 amide bonds. The summed E-state index contributed by atoms with van der Waals surface area (Å²) >= 11 is 1.03. The summed E-state index contributed by atoms with van der Waals surface area (Å²) in [5.41, 5.74) is 0.788. The van der Waals surface area contributed by atoms with Crippen LogP contribution in [0.5, 0.6) is 0 Å². The number of rotatable bonds is 4. The number of nitrogens with one attached hydrogen (secondary N) is 1. The summed E-state index contributed by atoms with van der Waals surface area (Å²) in [5, 5.41) is 19.6. The average molecular weight is 416 g/mol. The van der Waals surface area contributed by atoms with E-state index in [2.05, 4.69) is 15.5 Å². The first-order chi connectivity index (χ1) is 13.6. The Hall–Kier alpha value is -3.14. The van der Waals surface area contributed by atoms with Gasteiger partial charge in [0.25, 0.3) is 0 Å². The van der Waals surface area contributed by atoms with Crippen LogP contribution in [-0.4, -0.2) is 49.9 Å². The number of carboxylic acid groups (broad SMARTS) is 1. The topological polar surface area (TPSA) is 122 Å². The second kappa shape index (κ2) is 8.08. The van der Waals surface area contributed by atoms with Gasteiger partial charge in [0.1, 0.15) is 10.9 Å². The highest BCUT2D eigenvalue weighted by molar-refractivity contribution is 8.15. The third-order valence-corrected chi connectivity index (χ3v) is 4.91. The van der Waals surface area contributed by atoms with Crippen molar-refractivity contribution < 1.29 is 24.2 Å². The summed E-state index contributed by atoms with van der Waals surface area (Å²) in [6, 6.07) is 7.18. The lowest BCUT2D eigenvalue weighted by molar-refractivity contribution is -0.138. The summed E-state index contributed by atoms with van der Waals surface area (Å²) in [6.45, 7) is 5.40. The van der Waals surface area contributed by atoms with Crippen molar-refractivity contribution in [1.29, 1.82) is 0 Å². The van der Waals surface area contributed by atoms with Crippen LogP contribution in [0.2, 0.25) is 0 Å². The predicted molar refractivity (Wildman–Crippen MR) is 110 cm³/mol. The SMILES string of the molecule is CC(C)(C)OC(=O)n1ccc2c(C=NN=C3NC(=O)C(CC(=O)O)S3)cccc21. The zero-order valence-electron chi connectivity index (χ0n) is 16.1. The van der Waals surface area contributed by atoms with E-state index in [1.54, 1.807) is 45.2 Å². The summed E-state index contributed by atoms with van der Waals surface area (Å²) in [6.07, 6.45) is 2.38. The molecule has 1 atom stereocenters. The lowest BCUT2D eigenvalue weighted by Crippen LogP contribution is -2.26. The standard InChI is InChI=1S/C19H20N4O5S/c1-19(2,3)28-18(27)23-8-7-12-11(5-4-6-13(12)23)10-20-22-17-21-16(26)14(29-17)9-15(24)25/h4-8,10,14H,9H2,1-3H3,(H,24,25)(H,21,22,26). The van der Waals surface area contributed by atoms with Crippen LogP contribution in [0.4, 0.5) is 4.79 Å². The van der Waals surface area contributed by atoms with E-state index in [0.717, 1.165) is 22.7 Å². The molecule has 0 spiro atoms. The normalized spacial score (nSPS) is 18.5. The molecule has 0 aliphatic carbocycles. The van der Waals surface area contributed by atoms with Crippen molar-refractivity contribution in [2.45, 2.75) is 38.0 Å². The van der Waals surface area contributed by atoms with Crippen molar-refractivity contribution in [3.05, 3.63) is 36.0 Å². The van der Waals surface area contributed by atoms with E-state index in [0.29, 0.717) is 5.52 Å². The molecule has 1 aliphatic rings. The fourth-order valence-corrected chi connectivity index (χ4v) is 3.58. The number of hydrogen-bond acceptors (Lipinski definition) is 7. The van der Waals surface area contributed by atoms with Gasteiger partial charge < -0.3 is 15.2 Å². The minimum Gasteiger partial charge on any atom is -0.481 e. The molecule has 0 radical (unpaired) electrons. The van der Waals surface area contributed by atoms with Crippen molar-refractivity contribution >= 4 is 52.0 Å². The second-order valence-electron chi connectivity index (χ2n) is 7.29. The first kappa shape index (κ1) is 20.6. The van der Waals surface area contributed by atoms with E-state index in [1.165, 1.54) is 10.8 Å². The van der Waals surface area contributed by atoms with Gasteiger partial charge in [0.05, 0.1) is 18.2 Å². The number of carboxylic acids is 1. The van der Waals surface area contributed by atoms with E-state index in [1.807, 2.05) is 6.07 Å². The van der Waals surface area contributed by atoms with Gasteiger partial charge in [0.15, 0.2) is 5.17 Å². The van der Waals surface area contributed by atoms with Gasteiger partial charge in [-0.25, -0.2) is 4.79 Å². The maximum atomic E-state index is 12.4. The molecule has 9 nitrogen and oxygen atoms in total. The molecule has 2 heterocycles. The van der Waals surface area contributed by atoms with Crippen molar-refractivity contribution in [3.8, 4) is 0 Å². The first-order valence-electron chi connectivity index (χ1n) is 8.78. The number of benzene rings is 1. The van der Waals surface area contributed by atoms with Crippen LogP contribution in [0.25, 0.3) is 10.9 Å². The minimum absolute atomic E-state index is 0.246. The Morgan fingerprint density at radius 1 is 1.34 bits per heavy atom. The van der Waals surface area contributed by atoms with Crippen LogP contribution < -0.4 is 5.32 Å². The Kier molecular flexibility index (Phi) is 5.73. The summed E-state index contributed by atoms with van der Waals surface area (Å²) in [7, 11) is 0. The Balaban J connectivity index is 1.78. The third kappa shape index (κ3) is 5.02. The van der Waals surface area contributed by atoms with Crippen LogP contribution in [-0.2, 0) is 14.3 Å². The highest BCUT2D eigenvalue weighted by atomic mass is 32.2. The van der Waals surface area contributed by atoms with Crippen molar-refractivity contribution in [2.24, 2.45) is 10.2 Å². The largest absolute Gasteiger partial charge is 0.481 e. The number of fused-ring (bicyclic) bond motifs is 1. The quantitative estimate of drug-likeness (QED) is 0.584. The number of nitrogens with zero attached hydrogens (tertiary/aromatic N) is 3. The van der Waals surface area contributed by atoms with Crippen LogP contribution in [0, 0.1) is 0 Å². The number of carbonyl (C=O) groups excluding carboxylic acids is 2. The Morgan fingerprint density at radius 2 is 2.10 bits per heavy atom. The molecule has 1 aromatic heterocycles. The van der Waals surface area contributed by atoms with Crippen LogP contribution in [0.1, 0.15) is 32.8 Å². The minimum atomic E-state index is -1.05. The van der Waals surface area contributed by atoms with Gasteiger partial charge in [-0.2, -0.15) is 5.10 Å². The van der Waals surface area contributed by atoms with E-state index >= 15 is 0 Å². The molecular formula is C19H20N4O5S. The molecule has 1 aliphatic heterocycles. The lowest BCUT2D eigenvalue weighted by atomic mass is 10.1. The van der Waals surface area contributed by atoms with Gasteiger partial charge in [-0.05, 0) is 32.9 Å². The van der Waals surface area contributed by atoms with Crippen molar-refractivity contribution in [3.63, 3.8) is 0 Å². The van der Waals surface area contributed by atoms with Crippen LogP contribution in [0.15, 0.2) is 40.7 Å². The monoisotopic (exact) mass is 416 g/mol. The van der Waals surface area contributed by atoms with Crippen molar-refractivity contribution in [2.75, 3.05) is 0 Å². The molecule has 1 aromatic carbocycles. The average Bonchev–Trinajstić information content (AvgIpc) is 3.17. The van der Waals surface area contributed by atoms with Gasteiger partial charge in [0.2, 0.25) is 5.91 Å². The van der Waals surface area contributed by atoms with Gasteiger partial charge in [-0.1, -0.05) is 23.9 Å². The second-order valence-corrected chi connectivity index (χ2v) is 8.48. The molecule has 10 heteroatoms. The smallest absolute Gasteiger partial charge is 0.418 e. The Bertz CT molecular complexity index is 1030. The molecule has 0 bridgehead atoms. The maximum Gasteiger partial charge on any atom is 0.418 e. The summed E-state index contributed by atoms with van der Waals surface area (Å²) < 4.78 is 6.83. The number of hydrogen-bond donors (Lipinski definition) is 2. The number of carbonyl (C=O) groups is 3. The molecule has 1 unspecified atom stereocenters. The van der Waals surface area contributed by atoms with Crippen molar-refractivity contribution in [1.82, 2.24) is 9.88 Å². The van der Waals surface area contributed by atoms with Gasteiger partial charge >= 0.3 is 12.1 Å². The third-order valence-electron chi connectivity index (χ3n) is 3.84. The molecular weight excluding hydrogens is 396 g/mol. The zero-order valence-corrected chi connectivity index (χ0v) is 16.9. The molecule has 2 aromatic rings. The molecule has 152 valence electrons. The fourth-order valence-electron chi connectivity index (χ4n) is 2.66. The van der Waals surface area contributed by atoms with E-state index in [9.17, 15) is 14.4 Å². The van der Waals surface area contributed by atoms with Gasteiger partial charge in [-0.15, -0.1) is 5.10 Å². The van der Waals surface area contributed by atoms with E-state index in [4.69, 9.17) is 9.84 Å². The van der Waals surface area contributed by atoms with E-state index < -0.39 is 28.8 Å². The number of amidine groups is 1.